The summed E-state index contributed by atoms with van der Waals surface area (Å²) in [4.78, 5) is 26.0. The van der Waals surface area contributed by atoms with Crippen LogP contribution in [0, 0.1) is 0 Å². The van der Waals surface area contributed by atoms with Crippen molar-refractivity contribution in [1.29, 1.82) is 0 Å². The number of carbonyl (C=O) groups excluding carboxylic acids is 2. The van der Waals surface area contributed by atoms with Crippen molar-refractivity contribution in [3.05, 3.63) is 48.6 Å². The molecule has 0 aromatic carbocycles. The fourth-order valence-corrected chi connectivity index (χ4v) is 7.02. The summed E-state index contributed by atoms with van der Waals surface area (Å²) in [5, 5.41) is 23.6. The Morgan fingerprint density at radius 1 is 0.518 bits per heavy atom. The van der Waals surface area contributed by atoms with Crippen LogP contribution >= 0.6 is 0 Å². The number of aliphatic hydroxyl groups excluding tert-OH is 2. The van der Waals surface area contributed by atoms with Crippen molar-refractivity contribution in [3.8, 4) is 0 Å². The van der Waals surface area contributed by atoms with Gasteiger partial charge in [-0.05, 0) is 70.6 Å². The van der Waals surface area contributed by atoms with E-state index in [0.29, 0.717) is 19.3 Å². The Morgan fingerprint density at radius 2 is 0.964 bits per heavy atom. The predicted octanol–water partition coefficient (Wildman–Crippen LogP) is 13.9. The van der Waals surface area contributed by atoms with Crippen molar-refractivity contribution in [2.24, 2.45) is 0 Å². The summed E-state index contributed by atoms with van der Waals surface area (Å²) in [6.45, 7) is 6.38. The van der Waals surface area contributed by atoms with E-state index in [0.717, 1.165) is 83.5 Å². The van der Waals surface area contributed by atoms with Gasteiger partial charge in [0.1, 0.15) is 6.10 Å². The topological polar surface area (TPSA) is 95.9 Å². The Bertz CT molecular complexity index is 972. The highest BCUT2D eigenvalue weighted by molar-refractivity contribution is 5.77. The maximum atomic E-state index is 13.1. The molecule has 3 atom stereocenters. The highest BCUT2D eigenvalue weighted by atomic mass is 16.5. The molecule has 0 saturated heterocycles. The third-order valence-corrected chi connectivity index (χ3v) is 10.7. The Morgan fingerprint density at radius 3 is 1.50 bits per heavy atom. The Labute approximate surface area is 346 Å². The van der Waals surface area contributed by atoms with E-state index >= 15 is 0 Å². The first-order valence-corrected chi connectivity index (χ1v) is 23.9. The van der Waals surface area contributed by atoms with Gasteiger partial charge in [0.15, 0.2) is 0 Å². The Hall–Kier alpha value is -2.18. The zero-order valence-corrected chi connectivity index (χ0v) is 37.0. The molecule has 3 unspecified atom stereocenters. The van der Waals surface area contributed by atoms with Gasteiger partial charge in [-0.15, -0.1) is 0 Å². The van der Waals surface area contributed by atoms with E-state index in [1.54, 1.807) is 0 Å². The van der Waals surface area contributed by atoms with Gasteiger partial charge in [0.25, 0.3) is 0 Å². The van der Waals surface area contributed by atoms with Crippen LogP contribution in [0.5, 0.6) is 0 Å². The zero-order valence-electron chi connectivity index (χ0n) is 37.0. The number of ether oxygens (including phenoxy) is 1. The minimum absolute atomic E-state index is 0.0515. The number of amides is 1. The number of esters is 1. The predicted molar refractivity (Wildman–Crippen MR) is 241 cm³/mol. The fourth-order valence-electron chi connectivity index (χ4n) is 7.02. The van der Waals surface area contributed by atoms with E-state index in [1.165, 1.54) is 103 Å². The summed E-state index contributed by atoms with van der Waals surface area (Å²) in [5.41, 5.74) is 0. The van der Waals surface area contributed by atoms with Crippen LogP contribution in [0.15, 0.2) is 48.6 Å². The van der Waals surface area contributed by atoms with Gasteiger partial charge in [-0.25, -0.2) is 0 Å². The maximum absolute atomic E-state index is 13.1. The van der Waals surface area contributed by atoms with Gasteiger partial charge in [0.05, 0.1) is 25.2 Å². The Balaban J connectivity index is 4.68. The number of unbranched alkanes of at least 4 members (excludes halogenated alkanes) is 24. The fraction of sp³-hybridized carbons (Fsp3) is 0.800. The van der Waals surface area contributed by atoms with Crippen molar-refractivity contribution in [2.45, 2.75) is 251 Å². The third-order valence-electron chi connectivity index (χ3n) is 10.7. The van der Waals surface area contributed by atoms with Gasteiger partial charge >= 0.3 is 5.97 Å². The van der Waals surface area contributed by atoms with Crippen molar-refractivity contribution in [1.82, 2.24) is 5.32 Å². The monoisotopic (exact) mass is 786 g/mol. The minimum atomic E-state index is -0.796. The molecule has 0 aromatic rings. The van der Waals surface area contributed by atoms with Crippen LogP contribution in [0.2, 0.25) is 0 Å². The summed E-state index contributed by atoms with van der Waals surface area (Å²) in [6.07, 6.45) is 51.7. The summed E-state index contributed by atoms with van der Waals surface area (Å²) in [6, 6.07) is -0.712. The normalized spacial score (nSPS) is 13.7. The van der Waals surface area contributed by atoms with Crippen LogP contribution < -0.4 is 5.32 Å². The molecule has 326 valence electrons. The number of allylic oxidation sites excluding steroid dienone is 8. The van der Waals surface area contributed by atoms with Crippen LogP contribution in [-0.4, -0.2) is 46.9 Å². The van der Waals surface area contributed by atoms with E-state index in [-0.39, 0.29) is 24.9 Å². The SMILES string of the molecule is CCC/C=C\CCCCCCCC(=O)OC(CCCCC/C=C/C=C/C=C/CCCCCCC)CC(=O)NC(CO)C(O)CCCCCCCCCCCCC. The molecule has 1 amide bonds. The van der Waals surface area contributed by atoms with Crippen molar-refractivity contribution in [2.75, 3.05) is 6.61 Å². The molecule has 0 spiro atoms. The first-order valence-electron chi connectivity index (χ1n) is 23.9. The molecule has 0 aliphatic rings. The van der Waals surface area contributed by atoms with Gasteiger partial charge in [-0.3, -0.25) is 9.59 Å². The molecule has 56 heavy (non-hydrogen) atoms. The van der Waals surface area contributed by atoms with E-state index < -0.39 is 18.2 Å². The van der Waals surface area contributed by atoms with Gasteiger partial charge in [-0.1, -0.05) is 198 Å². The molecule has 0 aromatic heterocycles. The van der Waals surface area contributed by atoms with Crippen molar-refractivity contribution < 1.29 is 24.5 Å². The molecule has 0 radical (unpaired) electrons. The highest BCUT2D eigenvalue weighted by Crippen LogP contribution is 2.17. The third kappa shape index (κ3) is 38.7. The van der Waals surface area contributed by atoms with E-state index in [4.69, 9.17) is 4.74 Å². The molecule has 0 fully saturated rings. The summed E-state index contributed by atoms with van der Waals surface area (Å²) in [7, 11) is 0. The second-order valence-corrected chi connectivity index (χ2v) is 16.2. The lowest BCUT2D eigenvalue weighted by molar-refractivity contribution is -0.151. The van der Waals surface area contributed by atoms with E-state index in [2.05, 4.69) is 74.7 Å². The molecule has 3 N–H and O–H groups in total. The molecule has 0 heterocycles. The number of carbonyl (C=O) groups is 2. The molecular weight excluding hydrogens is 695 g/mol. The summed E-state index contributed by atoms with van der Waals surface area (Å²) in [5.74, 6) is -0.520. The first kappa shape index (κ1) is 53.8. The lowest BCUT2D eigenvalue weighted by atomic mass is 10.0. The molecular formula is C50H91NO5. The van der Waals surface area contributed by atoms with Gasteiger partial charge in [-0.2, -0.15) is 0 Å². The number of hydrogen-bond acceptors (Lipinski definition) is 5. The zero-order chi connectivity index (χ0) is 41.0. The second-order valence-electron chi connectivity index (χ2n) is 16.2. The van der Waals surface area contributed by atoms with E-state index in [9.17, 15) is 19.8 Å². The summed E-state index contributed by atoms with van der Waals surface area (Å²) < 4.78 is 5.88. The molecule has 6 heteroatoms. The second kappa shape index (κ2) is 43.9. The van der Waals surface area contributed by atoms with Crippen molar-refractivity contribution >= 4 is 11.9 Å². The number of aliphatic hydroxyl groups is 2. The van der Waals surface area contributed by atoms with Gasteiger partial charge < -0.3 is 20.3 Å². The molecule has 0 bridgehead atoms. The molecule has 0 rings (SSSR count). The van der Waals surface area contributed by atoms with Crippen LogP contribution in [0.3, 0.4) is 0 Å². The Kier molecular flexibility index (Phi) is 42.2. The van der Waals surface area contributed by atoms with Gasteiger partial charge in [0, 0.05) is 6.42 Å². The lowest BCUT2D eigenvalue weighted by Gasteiger charge is -2.24. The summed E-state index contributed by atoms with van der Waals surface area (Å²) >= 11 is 0. The van der Waals surface area contributed by atoms with E-state index in [1.807, 2.05) is 0 Å². The highest BCUT2D eigenvalue weighted by Gasteiger charge is 2.24. The molecule has 0 saturated carbocycles. The maximum Gasteiger partial charge on any atom is 0.306 e. The molecule has 0 aliphatic heterocycles. The number of hydrogen-bond donors (Lipinski definition) is 3. The van der Waals surface area contributed by atoms with Crippen LogP contribution in [0.4, 0.5) is 0 Å². The minimum Gasteiger partial charge on any atom is -0.462 e. The standard InChI is InChI=1S/C50H91NO5/c1-4-7-10-13-16-19-22-23-24-25-26-28-29-32-35-38-41-46(56-50(55)43-40-37-34-31-21-18-15-12-9-6-3)44-49(54)51-47(45-52)48(53)42-39-36-33-30-27-20-17-14-11-8-5-2/h12,15,22-26,28,46-48,52-53H,4-11,13-14,16-21,27,29-45H2,1-3H3,(H,51,54)/b15-12-,23-22+,25-24+,28-26+. The first-order chi connectivity index (χ1) is 27.5. The smallest absolute Gasteiger partial charge is 0.306 e. The van der Waals surface area contributed by atoms with Crippen LogP contribution in [0.1, 0.15) is 233 Å². The average Bonchev–Trinajstić information content (AvgIpc) is 3.19. The molecule has 6 nitrogen and oxygen atoms in total. The van der Waals surface area contributed by atoms with Gasteiger partial charge in [0.2, 0.25) is 5.91 Å². The largest absolute Gasteiger partial charge is 0.462 e. The van der Waals surface area contributed by atoms with Crippen molar-refractivity contribution in [3.63, 3.8) is 0 Å². The number of rotatable bonds is 42. The van der Waals surface area contributed by atoms with Crippen LogP contribution in [0.25, 0.3) is 0 Å². The number of nitrogens with one attached hydrogen (secondary N) is 1. The lowest BCUT2D eigenvalue weighted by Crippen LogP contribution is -2.46. The average molecular weight is 786 g/mol. The molecule has 0 aliphatic carbocycles. The van der Waals surface area contributed by atoms with Crippen LogP contribution in [-0.2, 0) is 14.3 Å². The quantitative estimate of drug-likeness (QED) is 0.0248.